The van der Waals surface area contributed by atoms with Gasteiger partial charge in [0.15, 0.2) is 0 Å². The minimum atomic E-state index is -0.724. The van der Waals surface area contributed by atoms with E-state index < -0.39 is 5.97 Å². The number of hydrogen-bond acceptors (Lipinski definition) is 2. The van der Waals surface area contributed by atoms with Crippen LogP contribution < -0.4 is 0 Å². The monoisotopic (exact) mass is 187 g/mol. The van der Waals surface area contributed by atoms with Gasteiger partial charge in [-0.15, -0.1) is 0 Å². The first-order valence-electron chi connectivity index (χ1n) is 4.79. The van der Waals surface area contributed by atoms with Crippen LogP contribution in [-0.2, 0) is 4.79 Å². The fourth-order valence-electron chi connectivity index (χ4n) is 1.67. The summed E-state index contributed by atoms with van der Waals surface area (Å²) in [7, 11) is 1.87. The van der Waals surface area contributed by atoms with Crippen LogP contribution in [-0.4, -0.2) is 35.6 Å². The van der Waals surface area contributed by atoms with Gasteiger partial charge in [-0.2, -0.15) is 0 Å². The molecule has 1 atom stereocenters. The second-order valence-corrected chi connectivity index (χ2v) is 4.36. The Hall–Kier alpha value is -0.570. The third-order valence-corrected chi connectivity index (χ3v) is 2.01. The Morgan fingerprint density at radius 1 is 1.31 bits per heavy atom. The Morgan fingerprint density at radius 3 is 2.00 bits per heavy atom. The molecule has 78 valence electrons. The van der Waals surface area contributed by atoms with Crippen LogP contribution in [0.25, 0.3) is 0 Å². The van der Waals surface area contributed by atoms with E-state index in [2.05, 4.69) is 13.8 Å². The van der Waals surface area contributed by atoms with Crippen molar-refractivity contribution in [3.05, 3.63) is 0 Å². The SMILES string of the molecule is CC(C)CN(C)[C@H](C(=O)O)C(C)C. The Balaban J connectivity index is 4.28. The minimum absolute atomic E-state index is 0.154. The van der Waals surface area contributed by atoms with Gasteiger partial charge in [-0.3, -0.25) is 9.69 Å². The molecule has 1 N–H and O–H groups in total. The molecular weight excluding hydrogens is 166 g/mol. The Bertz CT molecular complexity index is 166. The summed E-state index contributed by atoms with van der Waals surface area (Å²) in [6, 6.07) is -0.359. The number of carbonyl (C=O) groups is 1. The van der Waals surface area contributed by atoms with E-state index in [1.807, 2.05) is 25.8 Å². The molecule has 0 heterocycles. The second kappa shape index (κ2) is 5.22. The first-order valence-corrected chi connectivity index (χ1v) is 4.79. The van der Waals surface area contributed by atoms with E-state index in [-0.39, 0.29) is 12.0 Å². The predicted molar refractivity (Wildman–Crippen MR) is 53.7 cm³/mol. The van der Waals surface area contributed by atoms with Gasteiger partial charge in [-0.05, 0) is 18.9 Å². The van der Waals surface area contributed by atoms with E-state index in [0.717, 1.165) is 6.54 Å². The molecule has 0 amide bonds. The third-order valence-electron chi connectivity index (χ3n) is 2.01. The van der Waals surface area contributed by atoms with Crippen LogP contribution in [0, 0.1) is 11.8 Å². The van der Waals surface area contributed by atoms with E-state index in [1.165, 1.54) is 0 Å². The minimum Gasteiger partial charge on any atom is -0.480 e. The summed E-state index contributed by atoms with van der Waals surface area (Å²) >= 11 is 0. The summed E-state index contributed by atoms with van der Waals surface area (Å²) in [6.07, 6.45) is 0. The number of hydrogen-bond donors (Lipinski definition) is 1. The van der Waals surface area contributed by atoms with Crippen molar-refractivity contribution in [2.75, 3.05) is 13.6 Å². The molecule has 0 aliphatic carbocycles. The summed E-state index contributed by atoms with van der Waals surface area (Å²) < 4.78 is 0. The highest BCUT2D eigenvalue weighted by Gasteiger charge is 2.25. The molecule has 0 bridgehead atoms. The number of aliphatic carboxylic acids is 1. The second-order valence-electron chi connectivity index (χ2n) is 4.36. The summed E-state index contributed by atoms with van der Waals surface area (Å²) in [5.41, 5.74) is 0. The van der Waals surface area contributed by atoms with E-state index in [0.29, 0.717) is 5.92 Å². The Morgan fingerprint density at radius 2 is 1.77 bits per heavy atom. The maximum absolute atomic E-state index is 10.9. The maximum atomic E-state index is 10.9. The summed E-state index contributed by atoms with van der Waals surface area (Å²) in [6.45, 7) is 8.89. The lowest BCUT2D eigenvalue weighted by Gasteiger charge is -2.28. The standard InChI is InChI=1S/C10H21NO2/c1-7(2)6-11(5)9(8(3)4)10(12)13/h7-9H,6H2,1-5H3,(H,12,13)/t9-/m0/s1. The molecule has 0 aliphatic rings. The number of carboxylic acid groups (broad SMARTS) is 1. The molecule has 0 radical (unpaired) electrons. The van der Waals surface area contributed by atoms with Crippen LogP contribution in [0.4, 0.5) is 0 Å². The van der Waals surface area contributed by atoms with Crippen molar-refractivity contribution in [2.45, 2.75) is 33.7 Å². The number of nitrogens with zero attached hydrogens (tertiary/aromatic N) is 1. The van der Waals surface area contributed by atoms with Crippen LogP contribution in [0.2, 0.25) is 0 Å². The number of carboxylic acids is 1. The average Bonchev–Trinajstić information content (AvgIpc) is 1.81. The molecule has 0 spiro atoms. The zero-order valence-electron chi connectivity index (χ0n) is 9.24. The molecule has 3 heteroatoms. The van der Waals surface area contributed by atoms with Crippen LogP contribution >= 0.6 is 0 Å². The summed E-state index contributed by atoms with van der Waals surface area (Å²) in [5.74, 6) is -0.0648. The average molecular weight is 187 g/mol. The fraction of sp³-hybridized carbons (Fsp3) is 0.900. The van der Waals surface area contributed by atoms with Crippen molar-refractivity contribution in [3.8, 4) is 0 Å². The van der Waals surface area contributed by atoms with Crippen LogP contribution in [0.15, 0.2) is 0 Å². The molecule has 0 saturated heterocycles. The van der Waals surface area contributed by atoms with Gasteiger partial charge in [-0.1, -0.05) is 27.7 Å². The Labute approximate surface area is 80.7 Å². The zero-order chi connectivity index (χ0) is 10.6. The molecule has 0 aromatic rings. The molecule has 0 unspecified atom stereocenters. The molecule has 0 aliphatic heterocycles. The highest BCUT2D eigenvalue weighted by Crippen LogP contribution is 2.11. The van der Waals surface area contributed by atoms with Crippen LogP contribution in [0.3, 0.4) is 0 Å². The molecule has 0 fully saturated rings. The lowest BCUT2D eigenvalue weighted by molar-refractivity contribution is -0.144. The van der Waals surface area contributed by atoms with Gasteiger partial charge >= 0.3 is 5.97 Å². The molecule has 0 saturated carbocycles. The maximum Gasteiger partial charge on any atom is 0.321 e. The summed E-state index contributed by atoms with van der Waals surface area (Å²) in [5, 5.41) is 8.99. The first kappa shape index (κ1) is 12.4. The van der Waals surface area contributed by atoms with Gasteiger partial charge in [0.1, 0.15) is 6.04 Å². The zero-order valence-corrected chi connectivity index (χ0v) is 9.24. The van der Waals surface area contributed by atoms with Crippen LogP contribution in [0.5, 0.6) is 0 Å². The Kier molecular flexibility index (Phi) is 4.99. The third kappa shape index (κ3) is 4.27. The van der Waals surface area contributed by atoms with E-state index in [1.54, 1.807) is 0 Å². The highest BCUT2D eigenvalue weighted by molar-refractivity contribution is 5.73. The van der Waals surface area contributed by atoms with Crippen molar-refractivity contribution in [1.29, 1.82) is 0 Å². The van der Waals surface area contributed by atoms with Gasteiger partial charge in [-0.25, -0.2) is 0 Å². The first-order chi connectivity index (χ1) is 5.86. The van der Waals surface area contributed by atoms with Gasteiger partial charge in [0, 0.05) is 6.54 Å². The largest absolute Gasteiger partial charge is 0.480 e. The molecule has 0 aromatic heterocycles. The van der Waals surface area contributed by atoms with E-state index in [9.17, 15) is 4.79 Å². The van der Waals surface area contributed by atoms with Crippen molar-refractivity contribution in [1.82, 2.24) is 4.90 Å². The van der Waals surface area contributed by atoms with Crippen molar-refractivity contribution in [3.63, 3.8) is 0 Å². The molecular formula is C10H21NO2. The molecule has 13 heavy (non-hydrogen) atoms. The molecule has 3 nitrogen and oxygen atoms in total. The lowest BCUT2D eigenvalue weighted by Crippen LogP contribution is -2.43. The topological polar surface area (TPSA) is 40.5 Å². The predicted octanol–water partition coefficient (Wildman–Crippen LogP) is 1.68. The van der Waals surface area contributed by atoms with Gasteiger partial charge in [0.25, 0.3) is 0 Å². The van der Waals surface area contributed by atoms with E-state index >= 15 is 0 Å². The highest BCUT2D eigenvalue weighted by atomic mass is 16.4. The normalized spacial score (nSPS) is 14.2. The van der Waals surface area contributed by atoms with Gasteiger partial charge in [0.05, 0.1) is 0 Å². The van der Waals surface area contributed by atoms with Crippen molar-refractivity contribution < 1.29 is 9.90 Å². The van der Waals surface area contributed by atoms with Gasteiger partial charge in [0.2, 0.25) is 0 Å². The van der Waals surface area contributed by atoms with Crippen molar-refractivity contribution in [2.24, 2.45) is 11.8 Å². The fourth-order valence-corrected chi connectivity index (χ4v) is 1.67. The quantitative estimate of drug-likeness (QED) is 0.712. The van der Waals surface area contributed by atoms with Gasteiger partial charge < -0.3 is 5.11 Å². The molecule has 0 rings (SSSR count). The lowest BCUT2D eigenvalue weighted by atomic mass is 10.0. The number of likely N-dealkylation sites (N-methyl/N-ethyl adjacent to an activating group) is 1. The summed E-state index contributed by atoms with van der Waals surface area (Å²) in [4.78, 5) is 12.8. The van der Waals surface area contributed by atoms with E-state index in [4.69, 9.17) is 5.11 Å². The smallest absolute Gasteiger partial charge is 0.321 e. The van der Waals surface area contributed by atoms with Crippen molar-refractivity contribution >= 4 is 5.97 Å². The van der Waals surface area contributed by atoms with Crippen LogP contribution in [0.1, 0.15) is 27.7 Å². The molecule has 0 aromatic carbocycles. The number of rotatable bonds is 5.